The fraction of sp³-hybridized carbons (Fsp3) is 0.267. The maximum absolute atomic E-state index is 11.4. The van der Waals surface area contributed by atoms with Crippen LogP contribution >= 0.6 is 15.9 Å². The van der Waals surface area contributed by atoms with Crippen molar-refractivity contribution in [2.75, 3.05) is 0 Å². The molecule has 2 aromatic rings. The number of aryl methyl sites for hydroxylation is 1. The van der Waals surface area contributed by atoms with E-state index in [1.54, 1.807) is 0 Å². The van der Waals surface area contributed by atoms with Crippen molar-refractivity contribution in [2.24, 2.45) is 0 Å². The van der Waals surface area contributed by atoms with Gasteiger partial charge in [0.25, 0.3) is 0 Å². The van der Waals surface area contributed by atoms with Crippen LogP contribution in [0.2, 0.25) is 0 Å². The van der Waals surface area contributed by atoms with Gasteiger partial charge in [-0.15, -0.1) is 0 Å². The Morgan fingerprint density at radius 3 is 2.45 bits per heavy atom. The zero-order valence-electron chi connectivity index (χ0n) is 10.9. The summed E-state index contributed by atoms with van der Waals surface area (Å²) in [6, 6.07) is 9.67. The average Bonchev–Trinajstić information content (AvgIpc) is 3.20. The smallest absolute Gasteiger partial charge is 0.317 e. The van der Waals surface area contributed by atoms with E-state index in [1.165, 1.54) is 0 Å². The van der Waals surface area contributed by atoms with E-state index in [1.807, 2.05) is 37.3 Å². The largest absolute Gasteiger partial charge is 0.480 e. The summed E-state index contributed by atoms with van der Waals surface area (Å²) in [5.41, 5.74) is 1.66. The number of hydrogen-bond donors (Lipinski definition) is 1. The first-order valence-electron chi connectivity index (χ1n) is 6.37. The lowest BCUT2D eigenvalue weighted by Crippen LogP contribution is -2.23. The van der Waals surface area contributed by atoms with Gasteiger partial charge in [-0.2, -0.15) is 0 Å². The van der Waals surface area contributed by atoms with Gasteiger partial charge in [-0.1, -0.05) is 28.1 Å². The molecular weight excluding hydrogens is 320 g/mol. The number of carboxylic acid groups (broad SMARTS) is 1. The molecule has 1 aromatic heterocycles. The number of aromatic nitrogens is 2. The molecule has 1 saturated carbocycles. The van der Waals surface area contributed by atoms with Crippen LogP contribution in [-0.2, 0) is 10.2 Å². The van der Waals surface area contributed by atoms with Crippen molar-refractivity contribution >= 4 is 21.9 Å². The predicted octanol–water partition coefficient (Wildman–Crippen LogP) is 3.33. The van der Waals surface area contributed by atoms with Crippen LogP contribution < -0.4 is 0 Å². The Hall–Kier alpha value is -1.75. The monoisotopic (exact) mass is 332 g/mol. The molecule has 20 heavy (non-hydrogen) atoms. The highest BCUT2D eigenvalue weighted by Crippen LogP contribution is 2.47. The van der Waals surface area contributed by atoms with E-state index in [4.69, 9.17) is 0 Å². The molecule has 0 saturated heterocycles. The van der Waals surface area contributed by atoms with Crippen LogP contribution in [0, 0.1) is 6.92 Å². The second kappa shape index (κ2) is 4.66. The molecule has 1 N–H and O–H groups in total. The van der Waals surface area contributed by atoms with Crippen LogP contribution in [0.15, 0.2) is 34.8 Å². The number of halogens is 1. The molecule has 0 amide bonds. The van der Waals surface area contributed by atoms with E-state index < -0.39 is 11.4 Å². The second-order valence-corrected chi connectivity index (χ2v) is 6.03. The summed E-state index contributed by atoms with van der Waals surface area (Å²) in [4.78, 5) is 20.2. The van der Waals surface area contributed by atoms with Crippen molar-refractivity contribution in [2.45, 2.75) is 25.2 Å². The summed E-state index contributed by atoms with van der Waals surface area (Å²) in [5.74, 6) is -0.396. The maximum Gasteiger partial charge on any atom is 0.317 e. The lowest BCUT2D eigenvalue weighted by atomic mass is 10.1. The number of carbonyl (C=O) groups is 1. The van der Waals surface area contributed by atoms with Gasteiger partial charge in [-0.25, -0.2) is 9.97 Å². The molecule has 5 heteroatoms. The molecule has 1 aliphatic carbocycles. The summed E-state index contributed by atoms with van der Waals surface area (Å²) in [7, 11) is 0. The lowest BCUT2D eigenvalue weighted by Gasteiger charge is -2.11. The second-order valence-electron chi connectivity index (χ2n) is 5.11. The van der Waals surface area contributed by atoms with Crippen molar-refractivity contribution in [1.29, 1.82) is 0 Å². The van der Waals surface area contributed by atoms with Gasteiger partial charge in [0, 0.05) is 15.7 Å². The summed E-state index contributed by atoms with van der Waals surface area (Å²) >= 11 is 3.40. The third kappa shape index (κ3) is 2.22. The molecule has 0 bridgehead atoms. The quantitative estimate of drug-likeness (QED) is 0.936. The standard InChI is InChI=1S/C15H13BrN2O2/c1-9-8-12(10-2-4-11(16)5-3-10)18-13(17-9)15(6-7-15)14(19)20/h2-5,8H,6-7H2,1H3,(H,19,20). The number of carboxylic acids is 1. The van der Waals surface area contributed by atoms with Crippen molar-refractivity contribution < 1.29 is 9.90 Å². The molecule has 0 radical (unpaired) electrons. The normalized spacial score (nSPS) is 15.9. The van der Waals surface area contributed by atoms with Crippen molar-refractivity contribution in [3.05, 3.63) is 46.3 Å². The third-order valence-electron chi connectivity index (χ3n) is 3.58. The molecular formula is C15H13BrN2O2. The molecule has 0 spiro atoms. The van der Waals surface area contributed by atoms with Gasteiger partial charge < -0.3 is 5.11 Å². The Labute approximate surface area is 125 Å². The molecule has 1 aliphatic rings. The summed E-state index contributed by atoms with van der Waals surface area (Å²) < 4.78 is 0.997. The van der Waals surface area contributed by atoms with E-state index in [0.29, 0.717) is 18.7 Å². The van der Waals surface area contributed by atoms with Crippen LogP contribution in [0.3, 0.4) is 0 Å². The lowest BCUT2D eigenvalue weighted by molar-refractivity contribution is -0.140. The molecule has 102 valence electrons. The minimum Gasteiger partial charge on any atom is -0.480 e. The predicted molar refractivity (Wildman–Crippen MR) is 78.5 cm³/mol. The molecule has 0 atom stereocenters. The van der Waals surface area contributed by atoms with E-state index in [-0.39, 0.29) is 0 Å². The van der Waals surface area contributed by atoms with E-state index in [0.717, 1.165) is 21.4 Å². The zero-order chi connectivity index (χ0) is 14.3. The highest BCUT2D eigenvalue weighted by molar-refractivity contribution is 9.10. The average molecular weight is 333 g/mol. The Balaban J connectivity index is 2.08. The van der Waals surface area contributed by atoms with E-state index >= 15 is 0 Å². The SMILES string of the molecule is Cc1cc(-c2ccc(Br)cc2)nc(C2(C(=O)O)CC2)n1. The van der Waals surface area contributed by atoms with Gasteiger partial charge in [0.05, 0.1) is 5.69 Å². The molecule has 1 fully saturated rings. The van der Waals surface area contributed by atoms with E-state index in [9.17, 15) is 9.90 Å². The fourth-order valence-corrected chi connectivity index (χ4v) is 2.47. The van der Waals surface area contributed by atoms with Crippen LogP contribution in [0.4, 0.5) is 0 Å². The third-order valence-corrected chi connectivity index (χ3v) is 4.11. The molecule has 0 aliphatic heterocycles. The molecule has 1 heterocycles. The zero-order valence-corrected chi connectivity index (χ0v) is 12.5. The van der Waals surface area contributed by atoms with E-state index in [2.05, 4.69) is 25.9 Å². The van der Waals surface area contributed by atoms with Gasteiger partial charge in [0.1, 0.15) is 11.2 Å². The van der Waals surface area contributed by atoms with Gasteiger partial charge in [0.2, 0.25) is 0 Å². The van der Waals surface area contributed by atoms with Gasteiger partial charge >= 0.3 is 5.97 Å². The summed E-state index contributed by atoms with van der Waals surface area (Å²) in [5, 5.41) is 9.36. The Morgan fingerprint density at radius 1 is 1.25 bits per heavy atom. The van der Waals surface area contributed by atoms with Crippen LogP contribution in [-0.4, -0.2) is 21.0 Å². The Morgan fingerprint density at radius 2 is 1.90 bits per heavy atom. The molecule has 3 rings (SSSR count). The van der Waals surface area contributed by atoms with Crippen molar-refractivity contribution in [3.8, 4) is 11.3 Å². The maximum atomic E-state index is 11.4. The van der Waals surface area contributed by atoms with Crippen molar-refractivity contribution in [1.82, 2.24) is 9.97 Å². The van der Waals surface area contributed by atoms with Gasteiger partial charge in [-0.05, 0) is 38.0 Å². The number of hydrogen-bond acceptors (Lipinski definition) is 3. The van der Waals surface area contributed by atoms with Gasteiger partial charge in [-0.3, -0.25) is 4.79 Å². The summed E-state index contributed by atoms with van der Waals surface area (Å²) in [6.45, 7) is 1.87. The number of nitrogens with zero attached hydrogens (tertiary/aromatic N) is 2. The minimum atomic E-state index is -0.865. The first-order valence-corrected chi connectivity index (χ1v) is 7.16. The van der Waals surface area contributed by atoms with Gasteiger partial charge in [0.15, 0.2) is 0 Å². The van der Waals surface area contributed by atoms with Crippen molar-refractivity contribution in [3.63, 3.8) is 0 Å². The molecule has 0 unspecified atom stereocenters. The number of rotatable bonds is 3. The topological polar surface area (TPSA) is 63.1 Å². The number of aliphatic carboxylic acids is 1. The fourth-order valence-electron chi connectivity index (χ4n) is 2.21. The first-order chi connectivity index (χ1) is 9.51. The summed E-state index contributed by atoms with van der Waals surface area (Å²) in [6.07, 6.45) is 1.23. The Kier molecular flexibility index (Phi) is 3.09. The van der Waals surface area contributed by atoms with Crippen LogP contribution in [0.5, 0.6) is 0 Å². The number of benzene rings is 1. The van der Waals surface area contributed by atoms with Crippen LogP contribution in [0.1, 0.15) is 24.4 Å². The highest BCUT2D eigenvalue weighted by Gasteiger charge is 2.54. The van der Waals surface area contributed by atoms with Crippen LogP contribution in [0.25, 0.3) is 11.3 Å². The first kappa shape index (κ1) is 13.2. The molecule has 1 aromatic carbocycles. The Bertz CT molecular complexity index is 679. The highest BCUT2D eigenvalue weighted by atomic mass is 79.9. The molecule has 4 nitrogen and oxygen atoms in total. The minimum absolute atomic E-state index is 0.433.